The molecule has 0 aliphatic carbocycles. The molecule has 1 rings (SSSR count). The molecule has 0 saturated carbocycles. The molecule has 10 heteroatoms. The van der Waals surface area contributed by atoms with Gasteiger partial charge in [-0.1, -0.05) is 0 Å². The fraction of sp³-hybridized carbons (Fsp3) is 0.222. The molecule has 0 unspecified atom stereocenters. The number of nitrogens with zero attached hydrogens (tertiary/aromatic N) is 1. The van der Waals surface area contributed by atoms with E-state index in [4.69, 9.17) is 10.2 Å². The van der Waals surface area contributed by atoms with Crippen molar-refractivity contribution >= 4 is 17.6 Å². The number of aromatic amines is 1. The van der Waals surface area contributed by atoms with Gasteiger partial charge in [-0.25, -0.2) is 4.79 Å². The van der Waals surface area contributed by atoms with E-state index in [1.54, 1.807) is 0 Å². The number of aromatic nitrogens is 1. The van der Waals surface area contributed by atoms with Crippen LogP contribution in [0.15, 0.2) is 17.1 Å². The van der Waals surface area contributed by atoms with E-state index < -0.39 is 46.3 Å². The first-order valence-electron chi connectivity index (χ1n) is 4.88. The summed E-state index contributed by atoms with van der Waals surface area (Å²) in [6, 6.07) is -0.893. The van der Waals surface area contributed by atoms with Crippen molar-refractivity contribution in [2.24, 2.45) is 0 Å². The van der Waals surface area contributed by atoms with Gasteiger partial charge in [0.05, 0.1) is 17.7 Å². The van der Waals surface area contributed by atoms with Crippen molar-refractivity contribution in [1.82, 2.24) is 10.3 Å². The monoisotopic (exact) mass is 271 g/mol. The molecule has 4 N–H and O–H groups in total. The highest BCUT2D eigenvalue weighted by Crippen LogP contribution is 2.08. The van der Waals surface area contributed by atoms with Crippen molar-refractivity contribution in [3.63, 3.8) is 0 Å². The standard InChI is InChI=1S/C9H9N3O7/c13-3-6(9(16)17)11-8(15)5-1-4(12(18)19)2-10-7(5)14/h1-2,6,13H,3H2,(H,10,14)(H,11,15)(H,16,17)/t6-/m0/s1. The Morgan fingerprint density at radius 1 is 1.53 bits per heavy atom. The molecule has 0 aliphatic heterocycles. The number of hydrogen-bond donors (Lipinski definition) is 4. The predicted octanol–water partition coefficient (Wildman–Crippen LogP) is -1.54. The Bertz CT molecular complexity index is 579. The zero-order chi connectivity index (χ0) is 14.6. The van der Waals surface area contributed by atoms with Crippen LogP contribution in [0.3, 0.4) is 0 Å². The van der Waals surface area contributed by atoms with Crippen LogP contribution in [0, 0.1) is 10.1 Å². The van der Waals surface area contributed by atoms with Crippen molar-refractivity contribution < 1.29 is 24.7 Å². The highest BCUT2D eigenvalue weighted by atomic mass is 16.6. The van der Waals surface area contributed by atoms with Crippen LogP contribution in [0.2, 0.25) is 0 Å². The summed E-state index contributed by atoms with van der Waals surface area (Å²) >= 11 is 0. The van der Waals surface area contributed by atoms with Crippen LogP contribution in [-0.2, 0) is 4.79 Å². The van der Waals surface area contributed by atoms with Gasteiger partial charge >= 0.3 is 5.97 Å². The molecule has 102 valence electrons. The van der Waals surface area contributed by atoms with Crippen molar-refractivity contribution in [3.05, 3.63) is 38.3 Å². The summed E-state index contributed by atoms with van der Waals surface area (Å²) in [5, 5.41) is 29.7. The molecule has 0 fully saturated rings. The largest absolute Gasteiger partial charge is 0.480 e. The van der Waals surface area contributed by atoms with Gasteiger partial charge in [0.15, 0.2) is 6.04 Å². The molecule has 0 aliphatic rings. The number of pyridine rings is 1. The molecule has 0 saturated heterocycles. The van der Waals surface area contributed by atoms with Crippen molar-refractivity contribution in [1.29, 1.82) is 0 Å². The summed E-state index contributed by atoms with van der Waals surface area (Å²) in [5.41, 5.74) is -2.06. The minimum absolute atomic E-state index is 0.527. The number of nitrogens with one attached hydrogen (secondary N) is 2. The lowest BCUT2D eigenvalue weighted by Gasteiger charge is -2.10. The number of carbonyl (C=O) groups is 2. The summed E-state index contributed by atoms with van der Waals surface area (Å²) in [4.78, 5) is 45.1. The molecule has 1 heterocycles. The van der Waals surface area contributed by atoms with E-state index in [1.807, 2.05) is 10.3 Å². The Morgan fingerprint density at radius 3 is 2.63 bits per heavy atom. The van der Waals surface area contributed by atoms with Crippen LogP contribution in [0.25, 0.3) is 0 Å². The number of amides is 1. The van der Waals surface area contributed by atoms with Gasteiger partial charge in [0, 0.05) is 6.07 Å². The molecule has 0 bridgehead atoms. The third-order valence-electron chi connectivity index (χ3n) is 2.13. The summed E-state index contributed by atoms with van der Waals surface area (Å²) in [6.07, 6.45) is 0.805. The van der Waals surface area contributed by atoms with Crippen molar-refractivity contribution in [3.8, 4) is 0 Å². The second-order valence-corrected chi connectivity index (χ2v) is 3.40. The minimum atomic E-state index is -1.61. The number of carboxylic acids is 1. The first-order valence-corrected chi connectivity index (χ1v) is 4.88. The summed E-state index contributed by atoms with van der Waals surface area (Å²) in [7, 11) is 0. The van der Waals surface area contributed by atoms with Gasteiger partial charge in [0.25, 0.3) is 17.2 Å². The number of nitro groups is 1. The molecule has 1 atom stereocenters. The fourth-order valence-electron chi connectivity index (χ4n) is 1.17. The molecule has 19 heavy (non-hydrogen) atoms. The number of hydrogen-bond acceptors (Lipinski definition) is 6. The third-order valence-corrected chi connectivity index (χ3v) is 2.13. The van der Waals surface area contributed by atoms with Gasteiger partial charge in [0.2, 0.25) is 0 Å². The van der Waals surface area contributed by atoms with Crippen LogP contribution in [0.5, 0.6) is 0 Å². The van der Waals surface area contributed by atoms with Crippen LogP contribution in [-0.4, -0.2) is 44.6 Å². The maximum atomic E-state index is 11.6. The summed E-state index contributed by atoms with van der Waals surface area (Å²) in [6.45, 7) is -0.881. The molecular weight excluding hydrogens is 262 g/mol. The third kappa shape index (κ3) is 3.35. The van der Waals surface area contributed by atoms with Crippen LogP contribution in [0.1, 0.15) is 10.4 Å². The van der Waals surface area contributed by atoms with E-state index in [0.717, 1.165) is 6.20 Å². The van der Waals surface area contributed by atoms with Gasteiger partial charge < -0.3 is 20.5 Å². The topological polar surface area (TPSA) is 163 Å². The molecule has 1 amide bonds. The Balaban J connectivity index is 3.05. The highest BCUT2D eigenvalue weighted by molar-refractivity contribution is 5.96. The van der Waals surface area contributed by atoms with Crippen molar-refractivity contribution in [2.75, 3.05) is 6.61 Å². The SMILES string of the molecule is O=C(N[C@@H](CO)C(=O)O)c1cc([N+](=O)[O-])c[nH]c1=O. The van der Waals surface area contributed by atoms with E-state index in [0.29, 0.717) is 6.07 Å². The van der Waals surface area contributed by atoms with Crippen LogP contribution >= 0.6 is 0 Å². The van der Waals surface area contributed by atoms with Gasteiger partial charge in [-0.05, 0) is 0 Å². The highest BCUT2D eigenvalue weighted by Gasteiger charge is 2.22. The maximum absolute atomic E-state index is 11.6. The Hall–Kier alpha value is -2.75. The molecular formula is C9H9N3O7. The van der Waals surface area contributed by atoms with E-state index >= 15 is 0 Å². The lowest BCUT2D eigenvalue weighted by molar-refractivity contribution is -0.385. The average molecular weight is 271 g/mol. The smallest absolute Gasteiger partial charge is 0.328 e. The fourth-order valence-corrected chi connectivity index (χ4v) is 1.17. The number of rotatable bonds is 5. The van der Waals surface area contributed by atoms with E-state index in [-0.39, 0.29) is 0 Å². The van der Waals surface area contributed by atoms with Gasteiger partial charge in [-0.3, -0.25) is 19.7 Å². The number of H-pyrrole nitrogens is 1. The lowest BCUT2D eigenvalue weighted by Crippen LogP contribution is -2.44. The number of aliphatic hydroxyl groups is 1. The quantitative estimate of drug-likeness (QED) is 0.372. The Morgan fingerprint density at radius 2 is 2.16 bits per heavy atom. The Labute approximate surface area is 104 Å². The molecule has 10 nitrogen and oxygen atoms in total. The minimum Gasteiger partial charge on any atom is -0.480 e. The van der Waals surface area contributed by atoms with Crippen LogP contribution < -0.4 is 10.9 Å². The first-order chi connectivity index (χ1) is 8.86. The first kappa shape index (κ1) is 14.3. The van der Waals surface area contributed by atoms with Crippen molar-refractivity contribution in [2.45, 2.75) is 6.04 Å². The molecule has 1 aromatic heterocycles. The normalized spacial score (nSPS) is 11.6. The van der Waals surface area contributed by atoms with Gasteiger partial charge in [0.1, 0.15) is 5.56 Å². The average Bonchev–Trinajstić information content (AvgIpc) is 2.35. The molecule has 0 radical (unpaired) electrons. The van der Waals surface area contributed by atoms with Crippen LogP contribution in [0.4, 0.5) is 5.69 Å². The predicted molar refractivity (Wildman–Crippen MR) is 59.7 cm³/mol. The lowest BCUT2D eigenvalue weighted by atomic mass is 10.2. The van der Waals surface area contributed by atoms with E-state index in [2.05, 4.69) is 0 Å². The summed E-state index contributed by atoms with van der Waals surface area (Å²) < 4.78 is 0. The van der Waals surface area contributed by atoms with E-state index in [1.165, 1.54) is 0 Å². The van der Waals surface area contributed by atoms with E-state index in [9.17, 15) is 24.5 Å². The zero-order valence-electron chi connectivity index (χ0n) is 9.32. The second kappa shape index (κ2) is 5.73. The molecule has 0 spiro atoms. The maximum Gasteiger partial charge on any atom is 0.328 e. The number of aliphatic carboxylic acids is 1. The number of carbonyl (C=O) groups excluding carboxylic acids is 1. The number of aliphatic hydroxyl groups excluding tert-OH is 1. The Kier molecular flexibility index (Phi) is 4.32. The molecule has 0 aromatic carbocycles. The number of carboxylic acid groups (broad SMARTS) is 1. The summed E-state index contributed by atoms with van der Waals surface area (Å²) in [5.74, 6) is -2.64. The van der Waals surface area contributed by atoms with Gasteiger partial charge in [-0.15, -0.1) is 0 Å². The second-order valence-electron chi connectivity index (χ2n) is 3.40. The van der Waals surface area contributed by atoms with Gasteiger partial charge in [-0.2, -0.15) is 0 Å². The zero-order valence-corrected chi connectivity index (χ0v) is 9.32. The molecule has 1 aromatic rings.